The number of H-pyrrole nitrogens is 1. The first-order valence-electron chi connectivity index (χ1n) is 4.31. The highest BCUT2D eigenvalue weighted by Gasteiger charge is 2.14. The third kappa shape index (κ3) is 1.99. The maximum atomic E-state index is 11.3. The lowest BCUT2D eigenvalue weighted by molar-refractivity contribution is 0.0517. The lowest BCUT2D eigenvalue weighted by Crippen LogP contribution is -2.20. The van der Waals surface area contributed by atoms with Gasteiger partial charge in [0.1, 0.15) is 5.82 Å². The molecule has 1 heterocycles. The molecule has 0 atom stereocenters. The molecule has 0 bridgehead atoms. The quantitative estimate of drug-likeness (QED) is 0.701. The van der Waals surface area contributed by atoms with Crippen molar-refractivity contribution < 1.29 is 9.53 Å². The van der Waals surface area contributed by atoms with E-state index < -0.39 is 5.97 Å². The fourth-order valence-corrected chi connectivity index (χ4v) is 1.04. The molecular formula is C9H12N2O3. The third-order valence-corrected chi connectivity index (χ3v) is 1.74. The van der Waals surface area contributed by atoms with Gasteiger partial charge in [0.05, 0.1) is 6.61 Å². The minimum Gasteiger partial charge on any atom is -0.461 e. The van der Waals surface area contributed by atoms with E-state index in [0.717, 1.165) is 0 Å². The van der Waals surface area contributed by atoms with E-state index in [-0.39, 0.29) is 23.4 Å². The number of ether oxygens (including phenoxy) is 1. The van der Waals surface area contributed by atoms with Gasteiger partial charge in [-0.2, -0.15) is 0 Å². The number of aryl methyl sites for hydroxylation is 1. The van der Waals surface area contributed by atoms with Crippen molar-refractivity contribution in [1.29, 1.82) is 0 Å². The number of aromatic amines is 1. The van der Waals surface area contributed by atoms with Crippen LogP contribution in [0.4, 0.5) is 0 Å². The van der Waals surface area contributed by atoms with Crippen molar-refractivity contribution in [2.75, 3.05) is 6.61 Å². The zero-order valence-electron chi connectivity index (χ0n) is 8.38. The molecule has 76 valence electrons. The molecule has 14 heavy (non-hydrogen) atoms. The number of hydrogen-bond donors (Lipinski definition) is 1. The van der Waals surface area contributed by atoms with Crippen LogP contribution in [0.3, 0.4) is 0 Å². The second-order valence-electron chi connectivity index (χ2n) is 2.85. The van der Waals surface area contributed by atoms with Crippen molar-refractivity contribution in [3.8, 4) is 0 Å². The van der Waals surface area contributed by atoms with Crippen molar-refractivity contribution in [3.63, 3.8) is 0 Å². The van der Waals surface area contributed by atoms with Crippen LogP contribution in [0, 0.1) is 13.8 Å². The van der Waals surface area contributed by atoms with Gasteiger partial charge in [-0.1, -0.05) is 0 Å². The standard InChI is InChI=1S/C9H12N2O3/c1-4-14-9(13)7-5(2)8(12)11-6(3)10-7/h4H2,1-3H3,(H,10,11,12). The normalized spacial score (nSPS) is 9.93. The van der Waals surface area contributed by atoms with Crippen molar-refractivity contribution in [2.24, 2.45) is 0 Å². The van der Waals surface area contributed by atoms with E-state index in [4.69, 9.17) is 4.74 Å². The average Bonchev–Trinajstić information content (AvgIpc) is 2.11. The Kier molecular flexibility index (Phi) is 3.01. The van der Waals surface area contributed by atoms with Gasteiger partial charge in [-0.15, -0.1) is 0 Å². The van der Waals surface area contributed by atoms with Gasteiger partial charge in [-0.05, 0) is 20.8 Å². The molecule has 0 aliphatic carbocycles. The minimum absolute atomic E-state index is 0.0908. The zero-order valence-corrected chi connectivity index (χ0v) is 8.38. The predicted molar refractivity (Wildman–Crippen MR) is 50.3 cm³/mol. The number of esters is 1. The van der Waals surface area contributed by atoms with E-state index in [2.05, 4.69) is 9.97 Å². The number of rotatable bonds is 2. The maximum absolute atomic E-state index is 11.3. The number of carbonyl (C=O) groups is 1. The molecule has 0 aromatic carbocycles. The molecule has 0 amide bonds. The fraction of sp³-hybridized carbons (Fsp3) is 0.444. The number of aromatic nitrogens is 2. The van der Waals surface area contributed by atoms with Gasteiger partial charge >= 0.3 is 5.97 Å². The van der Waals surface area contributed by atoms with Crippen LogP contribution in [0.5, 0.6) is 0 Å². The summed E-state index contributed by atoms with van der Waals surface area (Å²) in [4.78, 5) is 29.0. The van der Waals surface area contributed by atoms with Crippen LogP contribution < -0.4 is 5.56 Å². The molecule has 0 spiro atoms. The van der Waals surface area contributed by atoms with Crippen molar-refractivity contribution in [2.45, 2.75) is 20.8 Å². The molecular weight excluding hydrogens is 184 g/mol. The van der Waals surface area contributed by atoms with E-state index >= 15 is 0 Å². The largest absolute Gasteiger partial charge is 0.461 e. The van der Waals surface area contributed by atoms with Crippen LogP contribution in [-0.2, 0) is 4.74 Å². The monoisotopic (exact) mass is 196 g/mol. The summed E-state index contributed by atoms with van der Waals surface area (Å²) in [7, 11) is 0. The molecule has 1 aromatic heterocycles. The third-order valence-electron chi connectivity index (χ3n) is 1.74. The van der Waals surface area contributed by atoms with Crippen molar-refractivity contribution >= 4 is 5.97 Å². The smallest absolute Gasteiger partial charge is 0.357 e. The molecule has 1 N–H and O–H groups in total. The highest BCUT2D eigenvalue weighted by Crippen LogP contribution is 2.01. The molecule has 0 aliphatic heterocycles. The Labute approximate surface area is 81.1 Å². The fourth-order valence-electron chi connectivity index (χ4n) is 1.04. The highest BCUT2D eigenvalue weighted by molar-refractivity contribution is 5.88. The number of carbonyl (C=O) groups excluding carboxylic acids is 1. The average molecular weight is 196 g/mol. The maximum Gasteiger partial charge on any atom is 0.357 e. The van der Waals surface area contributed by atoms with Gasteiger partial charge in [-0.25, -0.2) is 9.78 Å². The topological polar surface area (TPSA) is 72.0 Å². The molecule has 1 aromatic rings. The SMILES string of the molecule is CCOC(=O)c1nc(C)[nH]c(=O)c1C. The van der Waals surface area contributed by atoms with Crippen LogP contribution in [0.25, 0.3) is 0 Å². The summed E-state index contributed by atoms with van der Waals surface area (Å²) < 4.78 is 4.76. The van der Waals surface area contributed by atoms with Crippen molar-refractivity contribution in [3.05, 3.63) is 27.4 Å². The number of nitrogens with one attached hydrogen (secondary N) is 1. The molecule has 0 saturated heterocycles. The Balaban J connectivity index is 3.20. The molecule has 5 nitrogen and oxygen atoms in total. The lowest BCUT2D eigenvalue weighted by Gasteiger charge is -2.04. The van der Waals surface area contributed by atoms with E-state index in [1.54, 1.807) is 13.8 Å². The van der Waals surface area contributed by atoms with E-state index in [1.165, 1.54) is 6.92 Å². The van der Waals surface area contributed by atoms with Crippen LogP contribution >= 0.6 is 0 Å². The first kappa shape index (κ1) is 10.4. The summed E-state index contributed by atoms with van der Waals surface area (Å²) in [5.41, 5.74) is 0.0719. The van der Waals surface area contributed by atoms with Crippen molar-refractivity contribution in [1.82, 2.24) is 9.97 Å². The van der Waals surface area contributed by atoms with E-state index in [9.17, 15) is 9.59 Å². The first-order chi connectivity index (χ1) is 6.56. The van der Waals surface area contributed by atoms with Crippen LogP contribution in [0.1, 0.15) is 28.8 Å². The van der Waals surface area contributed by atoms with E-state index in [0.29, 0.717) is 5.82 Å². The molecule has 0 radical (unpaired) electrons. The molecule has 5 heteroatoms. The second kappa shape index (κ2) is 4.04. The molecule has 1 rings (SSSR count). The summed E-state index contributed by atoms with van der Waals surface area (Å²) >= 11 is 0. The van der Waals surface area contributed by atoms with Crippen LogP contribution in [0.15, 0.2) is 4.79 Å². The molecule has 0 aliphatic rings. The molecule has 0 unspecified atom stereocenters. The van der Waals surface area contributed by atoms with Gasteiger partial charge in [0.15, 0.2) is 5.69 Å². The second-order valence-corrected chi connectivity index (χ2v) is 2.85. The zero-order chi connectivity index (χ0) is 10.7. The lowest BCUT2D eigenvalue weighted by atomic mass is 10.2. The van der Waals surface area contributed by atoms with Gasteiger partial charge in [-0.3, -0.25) is 4.79 Å². The summed E-state index contributed by atoms with van der Waals surface area (Å²) in [6, 6.07) is 0. The molecule has 0 fully saturated rings. The summed E-state index contributed by atoms with van der Waals surface area (Å²) in [6.45, 7) is 5.13. The Morgan fingerprint density at radius 1 is 1.50 bits per heavy atom. The van der Waals surface area contributed by atoms with Crippen LogP contribution in [-0.4, -0.2) is 22.5 Å². The Hall–Kier alpha value is -1.65. The Morgan fingerprint density at radius 3 is 2.71 bits per heavy atom. The van der Waals surface area contributed by atoms with Crippen LogP contribution in [0.2, 0.25) is 0 Å². The number of nitrogens with zero attached hydrogens (tertiary/aromatic N) is 1. The van der Waals surface area contributed by atoms with Gasteiger partial charge in [0.2, 0.25) is 0 Å². The summed E-state index contributed by atoms with van der Waals surface area (Å²) in [6.07, 6.45) is 0. The minimum atomic E-state index is -0.556. The van der Waals surface area contributed by atoms with E-state index in [1.807, 2.05) is 0 Å². The predicted octanol–water partition coefficient (Wildman–Crippen LogP) is 0.563. The Bertz CT molecular complexity index is 409. The number of hydrogen-bond acceptors (Lipinski definition) is 4. The van der Waals surface area contributed by atoms with Gasteiger partial charge < -0.3 is 9.72 Å². The van der Waals surface area contributed by atoms with Gasteiger partial charge in [0, 0.05) is 5.56 Å². The summed E-state index contributed by atoms with van der Waals surface area (Å²) in [5.74, 6) is -0.150. The Morgan fingerprint density at radius 2 is 2.14 bits per heavy atom. The van der Waals surface area contributed by atoms with Gasteiger partial charge in [0.25, 0.3) is 5.56 Å². The first-order valence-corrected chi connectivity index (χ1v) is 4.31. The highest BCUT2D eigenvalue weighted by atomic mass is 16.5. The molecule has 0 saturated carbocycles. The summed E-state index contributed by atoms with van der Waals surface area (Å²) in [5, 5.41) is 0.